The Labute approximate surface area is 130 Å². The van der Waals surface area contributed by atoms with Crippen molar-refractivity contribution in [3.05, 3.63) is 29.6 Å². The summed E-state index contributed by atoms with van der Waals surface area (Å²) in [6, 6.07) is 5.11. The van der Waals surface area contributed by atoms with E-state index < -0.39 is 0 Å². The van der Waals surface area contributed by atoms with Gasteiger partial charge in [0.05, 0.1) is 7.11 Å². The van der Waals surface area contributed by atoms with Gasteiger partial charge in [0.2, 0.25) is 5.91 Å². The first-order valence-corrected chi connectivity index (χ1v) is 7.94. The lowest BCUT2D eigenvalue weighted by molar-refractivity contribution is -0.130. The van der Waals surface area contributed by atoms with Crippen LogP contribution in [0.2, 0.25) is 0 Å². The zero-order valence-corrected chi connectivity index (χ0v) is 12.9. The third kappa shape index (κ3) is 2.95. The van der Waals surface area contributed by atoms with Crippen LogP contribution < -0.4 is 10.5 Å². The van der Waals surface area contributed by atoms with Crippen LogP contribution in [0.15, 0.2) is 18.2 Å². The summed E-state index contributed by atoms with van der Waals surface area (Å²) in [5, 5.41) is 0. The fourth-order valence-corrected chi connectivity index (χ4v) is 3.79. The average molecular weight is 306 g/mol. The van der Waals surface area contributed by atoms with Crippen LogP contribution in [0.1, 0.15) is 24.8 Å². The molecule has 4 nitrogen and oxygen atoms in total. The largest absolute Gasteiger partial charge is 0.494 e. The number of nitrogens with zero attached hydrogens (tertiary/aromatic N) is 1. The van der Waals surface area contributed by atoms with Crippen LogP contribution in [0.3, 0.4) is 0 Å². The normalized spacial score (nSPS) is 27.0. The second kappa shape index (κ2) is 6.24. The number of nitrogens with two attached hydrogens (primary N) is 1. The predicted octanol–water partition coefficient (Wildman–Crippen LogP) is 1.96. The number of likely N-dealkylation sites (tertiary alicyclic amines) is 1. The van der Waals surface area contributed by atoms with E-state index in [2.05, 4.69) is 0 Å². The Morgan fingerprint density at radius 3 is 2.91 bits per heavy atom. The van der Waals surface area contributed by atoms with Crippen LogP contribution in [0.5, 0.6) is 5.75 Å². The van der Waals surface area contributed by atoms with Crippen molar-refractivity contribution in [2.45, 2.75) is 31.7 Å². The smallest absolute Gasteiger partial charge is 0.222 e. The van der Waals surface area contributed by atoms with E-state index in [1.807, 2.05) is 11.0 Å². The second-order valence-electron chi connectivity index (χ2n) is 6.43. The van der Waals surface area contributed by atoms with Crippen molar-refractivity contribution in [3.8, 4) is 5.75 Å². The molecule has 0 radical (unpaired) electrons. The Bertz CT molecular complexity index is 564. The maximum absolute atomic E-state index is 13.6. The number of amides is 1. The zero-order chi connectivity index (χ0) is 15.7. The van der Waals surface area contributed by atoms with E-state index >= 15 is 0 Å². The van der Waals surface area contributed by atoms with Crippen molar-refractivity contribution < 1.29 is 13.9 Å². The van der Waals surface area contributed by atoms with Gasteiger partial charge in [-0.05, 0) is 48.8 Å². The summed E-state index contributed by atoms with van der Waals surface area (Å²) < 4.78 is 18.5. The summed E-state index contributed by atoms with van der Waals surface area (Å²) in [5.41, 5.74) is 6.92. The third-order valence-electron chi connectivity index (χ3n) is 5.11. The van der Waals surface area contributed by atoms with Crippen molar-refractivity contribution in [1.29, 1.82) is 0 Å². The van der Waals surface area contributed by atoms with Gasteiger partial charge in [-0.2, -0.15) is 0 Å². The number of rotatable bonds is 4. The molecule has 2 N–H and O–H groups in total. The fraction of sp³-hybridized carbons (Fsp3) is 0.588. The molecule has 3 atom stereocenters. The van der Waals surface area contributed by atoms with Gasteiger partial charge in [-0.25, -0.2) is 4.39 Å². The average Bonchev–Trinajstić information content (AvgIpc) is 3.07. The molecule has 1 amide bonds. The van der Waals surface area contributed by atoms with Crippen LogP contribution in [0, 0.1) is 17.7 Å². The first kappa shape index (κ1) is 15.3. The van der Waals surface area contributed by atoms with Gasteiger partial charge in [0, 0.05) is 25.6 Å². The number of carbonyl (C=O) groups is 1. The van der Waals surface area contributed by atoms with E-state index in [1.165, 1.54) is 13.2 Å². The summed E-state index contributed by atoms with van der Waals surface area (Å²) in [6.07, 6.45) is 3.19. The first-order chi connectivity index (χ1) is 10.6. The molecule has 3 unspecified atom stereocenters. The minimum Gasteiger partial charge on any atom is -0.494 e. The second-order valence-corrected chi connectivity index (χ2v) is 6.43. The Hall–Kier alpha value is -1.62. The van der Waals surface area contributed by atoms with Crippen molar-refractivity contribution in [2.24, 2.45) is 17.6 Å². The van der Waals surface area contributed by atoms with Crippen LogP contribution in [0.4, 0.5) is 4.39 Å². The van der Waals surface area contributed by atoms with Gasteiger partial charge in [0.25, 0.3) is 0 Å². The highest BCUT2D eigenvalue weighted by Crippen LogP contribution is 2.37. The van der Waals surface area contributed by atoms with E-state index in [4.69, 9.17) is 10.5 Å². The number of halogens is 1. The van der Waals surface area contributed by atoms with Crippen LogP contribution in [-0.2, 0) is 11.2 Å². The van der Waals surface area contributed by atoms with Crippen LogP contribution in [-0.4, -0.2) is 37.0 Å². The van der Waals surface area contributed by atoms with E-state index in [1.54, 1.807) is 6.07 Å². The van der Waals surface area contributed by atoms with Crippen molar-refractivity contribution in [1.82, 2.24) is 4.90 Å². The molecule has 3 rings (SSSR count). The molecule has 120 valence electrons. The molecule has 5 heteroatoms. The summed E-state index contributed by atoms with van der Waals surface area (Å²) in [5.74, 6) is 1.06. The monoisotopic (exact) mass is 306 g/mol. The lowest BCUT2D eigenvalue weighted by Gasteiger charge is -2.18. The predicted molar refractivity (Wildman–Crippen MR) is 82.0 cm³/mol. The highest BCUT2D eigenvalue weighted by atomic mass is 19.1. The number of methoxy groups -OCH3 is 1. The Morgan fingerprint density at radius 1 is 1.41 bits per heavy atom. The van der Waals surface area contributed by atoms with E-state index in [9.17, 15) is 9.18 Å². The number of hydrogen-bond acceptors (Lipinski definition) is 3. The number of fused-ring (bicyclic) bond motifs is 1. The van der Waals surface area contributed by atoms with Crippen molar-refractivity contribution in [2.75, 3.05) is 20.2 Å². The van der Waals surface area contributed by atoms with E-state index in [0.29, 0.717) is 24.7 Å². The first-order valence-electron chi connectivity index (χ1n) is 7.94. The van der Waals surface area contributed by atoms with Gasteiger partial charge in [0.1, 0.15) is 0 Å². The standard InChI is InChI=1S/C17H23FN2O2/c1-22-16-6-2-11(8-14(16)18)3-7-17(21)20-9-12-4-5-15(19)13(12)10-20/h2,6,8,12-13,15H,3-5,7,9-10,19H2,1H3. The number of carbonyl (C=O) groups excluding carboxylic acids is 1. The molecular formula is C17H23FN2O2. The highest BCUT2D eigenvalue weighted by Gasteiger charge is 2.42. The van der Waals surface area contributed by atoms with Crippen LogP contribution >= 0.6 is 0 Å². The van der Waals surface area contributed by atoms with Gasteiger partial charge < -0.3 is 15.4 Å². The zero-order valence-electron chi connectivity index (χ0n) is 12.9. The number of ether oxygens (including phenoxy) is 1. The molecule has 1 saturated heterocycles. The van der Waals surface area contributed by atoms with Gasteiger partial charge in [-0.15, -0.1) is 0 Å². The lowest BCUT2D eigenvalue weighted by atomic mass is 9.98. The molecule has 22 heavy (non-hydrogen) atoms. The molecule has 2 aliphatic rings. The molecule has 1 saturated carbocycles. The number of aryl methyl sites for hydroxylation is 1. The molecular weight excluding hydrogens is 283 g/mol. The molecule has 0 bridgehead atoms. The number of benzene rings is 1. The van der Waals surface area contributed by atoms with Gasteiger partial charge in [-0.3, -0.25) is 4.79 Å². The number of hydrogen-bond donors (Lipinski definition) is 1. The summed E-state index contributed by atoms with van der Waals surface area (Å²) >= 11 is 0. The molecule has 1 heterocycles. The summed E-state index contributed by atoms with van der Waals surface area (Å²) in [6.45, 7) is 1.63. The van der Waals surface area contributed by atoms with Crippen molar-refractivity contribution >= 4 is 5.91 Å². The van der Waals surface area contributed by atoms with Crippen molar-refractivity contribution in [3.63, 3.8) is 0 Å². The minimum atomic E-state index is -0.380. The molecule has 2 fully saturated rings. The lowest BCUT2D eigenvalue weighted by Crippen LogP contribution is -2.33. The molecule has 1 aromatic carbocycles. The molecule has 1 aliphatic heterocycles. The highest BCUT2D eigenvalue weighted by molar-refractivity contribution is 5.76. The minimum absolute atomic E-state index is 0.151. The van der Waals surface area contributed by atoms with Crippen LogP contribution in [0.25, 0.3) is 0 Å². The maximum Gasteiger partial charge on any atom is 0.222 e. The Balaban J connectivity index is 1.54. The fourth-order valence-electron chi connectivity index (χ4n) is 3.79. The van der Waals surface area contributed by atoms with E-state index in [-0.39, 0.29) is 23.5 Å². The topological polar surface area (TPSA) is 55.6 Å². The summed E-state index contributed by atoms with van der Waals surface area (Å²) in [4.78, 5) is 14.3. The molecule has 1 aromatic rings. The molecule has 0 spiro atoms. The third-order valence-corrected chi connectivity index (χ3v) is 5.11. The SMILES string of the molecule is COc1ccc(CCC(=O)N2CC3CCC(N)C3C2)cc1F. The van der Waals surface area contributed by atoms with Gasteiger partial charge in [0.15, 0.2) is 11.6 Å². The van der Waals surface area contributed by atoms with Gasteiger partial charge >= 0.3 is 0 Å². The Kier molecular flexibility index (Phi) is 4.34. The van der Waals surface area contributed by atoms with E-state index in [0.717, 1.165) is 31.5 Å². The maximum atomic E-state index is 13.6. The molecule has 1 aliphatic carbocycles. The quantitative estimate of drug-likeness (QED) is 0.925. The summed E-state index contributed by atoms with van der Waals surface area (Å²) in [7, 11) is 1.44. The molecule has 0 aromatic heterocycles. The Morgan fingerprint density at radius 2 is 2.23 bits per heavy atom. The van der Waals surface area contributed by atoms with Gasteiger partial charge in [-0.1, -0.05) is 6.07 Å².